The standard InChI is InChI=1S/C24H29ClN4O2S/c1-6-18-8-10-19(11-9-18)26-21(30)14-32-24-28-27-23(29(24)7-2)17(5)31-20-12-15(3)22(25)16(4)13-20/h8-13,17H,6-7,14H2,1-5H3,(H,26,30). The number of hydrogen-bond acceptors (Lipinski definition) is 5. The molecular formula is C24H29ClN4O2S. The third-order valence-corrected chi connectivity index (χ3v) is 6.69. The highest BCUT2D eigenvalue weighted by molar-refractivity contribution is 7.99. The van der Waals surface area contributed by atoms with Crippen LogP contribution in [0.3, 0.4) is 0 Å². The molecule has 2 aromatic carbocycles. The van der Waals surface area contributed by atoms with Crippen LogP contribution in [-0.2, 0) is 17.8 Å². The van der Waals surface area contributed by atoms with Crippen LogP contribution >= 0.6 is 23.4 Å². The van der Waals surface area contributed by atoms with Crippen molar-refractivity contribution in [3.63, 3.8) is 0 Å². The van der Waals surface area contributed by atoms with Crippen LogP contribution < -0.4 is 10.1 Å². The van der Waals surface area contributed by atoms with Gasteiger partial charge < -0.3 is 14.6 Å². The summed E-state index contributed by atoms with van der Waals surface area (Å²) in [5.41, 5.74) is 3.97. The Morgan fingerprint density at radius 2 is 1.81 bits per heavy atom. The largest absolute Gasteiger partial charge is 0.483 e. The van der Waals surface area contributed by atoms with Gasteiger partial charge in [-0.25, -0.2) is 0 Å². The van der Waals surface area contributed by atoms with Crippen molar-refractivity contribution >= 4 is 35.0 Å². The zero-order chi connectivity index (χ0) is 23.3. The first-order valence-corrected chi connectivity index (χ1v) is 12.1. The van der Waals surface area contributed by atoms with Gasteiger partial charge in [0, 0.05) is 17.3 Å². The van der Waals surface area contributed by atoms with E-state index in [0.717, 1.165) is 39.8 Å². The second kappa shape index (κ2) is 10.9. The number of amides is 1. The topological polar surface area (TPSA) is 69.0 Å². The predicted octanol–water partition coefficient (Wildman–Crippen LogP) is 6.00. The average Bonchev–Trinajstić information content (AvgIpc) is 3.19. The minimum Gasteiger partial charge on any atom is -0.483 e. The van der Waals surface area contributed by atoms with Crippen LogP contribution in [0.5, 0.6) is 5.75 Å². The van der Waals surface area contributed by atoms with Gasteiger partial charge in [-0.05, 0) is 75.1 Å². The Morgan fingerprint density at radius 3 is 2.41 bits per heavy atom. The van der Waals surface area contributed by atoms with Crippen LogP contribution in [-0.4, -0.2) is 26.4 Å². The van der Waals surface area contributed by atoms with E-state index >= 15 is 0 Å². The molecule has 0 bridgehead atoms. The summed E-state index contributed by atoms with van der Waals surface area (Å²) in [6.45, 7) is 10.7. The fourth-order valence-electron chi connectivity index (χ4n) is 3.39. The number of halogens is 1. The van der Waals surface area contributed by atoms with Gasteiger partial charge in [-0.2, -0.15) is 0 Å². The molecule has 1 unspecified atom stereocenters. The molecule has 1 N–H and O–H groups in total. The van der Waals surface area contributed by atoms with E-state index in [0.29, 0.717) is 11.7 Å². The number of nitrogens with one attached hydrogen (secondary N) is 1. The number of nitrogens with zero attached hydrogens (tertiary/aromatic N) is 3. The first-order valence-electron chi connectivity index (χ1n) is 10.7. The Labute approximate surface area is 198 Å². The smallest absolute Gasteiger partial charge is 0.234 e. The summed E-state index contributed by atoms with van der Waals surface area (Å²) < 4.78 is 8.11. The van der Waals surface area contributed by atoms with Crippen LogP contribution in [0.25, 0.3) is 0 Å². The predicted molar refractivity (Wildman–Crippen MR) is 131 cm³/mol. The Kier molecular flexibility index (Phi) is 8.21. The molecule has 170 valence electrons. The molecular weight excluding hydrogens is 444 g/mol. The maximum atomic E-state index is 12.4. The van der Waals surface area contributed by atoms with Crippen molar-refractivity contribution in [2.24, 2.45) is 0 Å². The van der Waals surface area contributed by atoms with Crippen LogP contribution in [0.15, 0.2) is 41.6 Å². The fourth-order valence-corrected chi connectivity index (χ4v) is 4.31. The van der Waals surface area contributed by atoms with E-state index in [1.165, 1.54) is 17.3 Å². The number of thioether (sulfide) groups is 1. The van der Waals surface area contributed by atoms with E-state index in [2.05, 4.69) is 22.4 Å². The van der Waals surface area contributed by atoms with E-state index < -0.39 is 0 Å². The van der Waals surface area contributed by atoms with Gasteiger partial charge in [-0.3, -0.25) is 4.79 Å². The summed E-state index contributed by atoms with van der Waals surface area (Å²) in [7, 11) is 0. The lowest BCUT2D eigenvalue weighted by atomic mass is 10.1. The Morgan fingerprint density at radius 1 is 1.16 bits per heavy atom. The number of anilines is 1. The molecule has 32 heavy (non-hydrogen) atoms. The van der Waals surface area contributed by atoms with Gasteiger partial charge in [0.2, 0.25) is 5.91 Å². The number of aryl methyl sites for hydroxylation is 3. The van der Waals surface area contributed by atoms with Crippen LogP contribution in [0.4, 0.5) is 5.69 Å². The van der Waals surface area contributed by atoms with E-state index in [-0.39, 0.29) is 17.8 Å². The number of aromatic nitrogens is 3. The van der Waals surface area contributed by atoms with Crippen molar-refractivity contribution < 1.29 is 9.53 Å². The molecule has 3 aromatic rings. The van der Waals surface area contributed by atoms with Crippen molar-refractivity contribution in [1.29, 1.82) is 0 Å². The number of hydrogen-bond donors (Lipinski definition) is 1. The molecule has 0 saturated heterocycles. The fraction of sp³-hybridized carbons (Fsp3) is 0.375. The third-order valence-electron chi connectivity index (χ3n) is 5.13. The monoisotopic (exact) mass is 472 g/mol. The normalized spacial score (nSPS) is 11.9. The molecule has 6 nitrogen and oxygen atoms in total. The van der Waals surface area contributed by atoms with Gasteiger partial charge in [0.05, 0.1) is 5.75 Å². The minimum atomic E-state index is -0.303. The maximum Gasteiger partial charge on any atom is 0.234 e. The highest BCUT2D eigenvalue weighted by Crippen LogP contribution is 2.29. The summed E-state index contributed by atoms with van der Waals surface area (Å²) in [5, 5.41) is 13.0. The molecule has 3 rings (SSSR count). The summed E-state index contributed by atoms with van der Waals surface area (Å²) in [6.07, 6.45) is 0.668. The highest BCUT2D eigenvalue weighted by Gasteiger charge is 2.20. The molecule has 1 heterocycles. The summed E-state index contributed by atoms with van der Waals surface area (Å²) in [5.74, 6) is 1.63. The number of ether oxygens (including phenoxy) is 1. The molecule has 0 radical (unpaired) electrons. The van der Waals surface area contributed by atoms with E-state index in [9.17, 15) is 4.79 Å². The number of rotatable bonds is 9. The molecule has 0 aliphatic rings. The van der Waals surface area contributed by atoms with Crippen LogP contribution in [0.2, 0.25) is 5.02 Å². The lowest BCUT2D eigenvalue weighted by Gasteiger charge is -2.17. The molecule has 0 spiro atoms. The quantitative estimate of drug-likeness (QED) is 0.386. The highest BCUT2D eigenvalue weighted by atomic mass is 35.5. The number of carbonyl (C=O) groups excluding carboxylic acids is 1. The Bertz CT molecular complexity index is 1060. The number of carbonyl (C=O) groups is 1. The van der Waals surface area contributed by atoms with Crippen molar-refractivity contribution in [2.45, 2.75) is 58.8 Å². The molecule has 0 aliphatic carbocycles. The van der Waals surface area contributed by atoms with Crippen molar-refractivity contribution in [1.82, 2.24) is 14.8 Å². The van der Waals surface area contributed by atoms with E-state index in [1.807, 2.05) is 68.7 Å². The molecule has 1 aromatic heterocycles. The van der Waals surface area contributed by atoms with Gasteiger partial charge >= 0.3 is 0 Å². The van der Waals surface area contributed by atoms with Crippen LogP contribution in [0, 0.1) is 13.8 Å². The zero-order valence-electron chi connectivity index (χ0n) is 19.1. The first-order chi connectivity index (χ1) is 15.3. The average molecular weight is 473 g/mol. The van der Waals surface area contributed by atoms with Crippen molar-refractivity contribution in [2.75, 3.05) is 11.1 Å². The Hall–Kier alpha value is -2.51. The van der Waals surface area contributed by atoms with Gasteiger partial charge in [0.25, 0.3) is 0 Å². The first kappa shape index (κ1) is 24.1. The van der Waals surface area contributed by atoms with Crippen LogP contribution in [0.1, 0.15) is 49.4 Å². The Balaban J connectivity index is 1.64. The van der Waals surface area contributed by atoms with Gasteiger partial charge in [0.15, 0.2) is 17.1 Å². The van der Waals surface area contributed by atoms with Gasteiger partial charge in [-0.15, -0.1) is 10.2 Å². The van der Waals surface area contributed by atoms with E-state index in [4.69, 9.17) is 16.3 Å². The number of benzene rings is 2. The summed E-state index contributed by atoms with van der Waals surface area (Å²) in [4.78, 5) is 12.4. The SMILES string of the molecule is CCc1ccc(NC(=O)CSc2nnc(C(C)Oc3cc(C)c(Cl)c(C)c3)n2CC)cc1. The molecule has 0 aliphatic heterocycles. The zero-order valence-corrected chi connectivity index (χ0v) is 20.7. The minimum absolute atomic E-state index is 0.0807. The lowest BCUT2D eigenvalue weighted by molar-refractivity contribution is -0.113. The summed E-state index contributed by atoms with van der Waals surface area (Å²) >= 11 is 7.62. The summed E-state index contributed by atoms with van der Waals surface area (Å²) in [6, 6.07) is 11.7. The molecule has 1 amide bonds. The second-order valence-corrected chi connectivity index (χ2v) is 8.92. The molecule has 0 saturated carbocycles. The van der Waals surface area contributed by atoms with E-state index in [1.54, 1.807) is 0 Å². The lowest BCUT2D eigenvalue weighted by Crippen LogP contribution is -2.15. The van der Waals surface area contributed by atoms with Crippen molar-refractivity contribution in [3.05, 3.63) is 63.9 Å². The van der Waals surface area contributed by atoms with Crippen molar-refractivity contribution in [3.8, 4) is 5.75 Å². The third kappa shape index (κ3) is 5.84. The van der Waals surface area contributed by atoms with Gasteiger partial charge in [-0.1, -0.05) is 42.4 Å². The van der Waals surface area contributed by atoms with Gasteiger partial charge in [0.1, 0.15) is 5.75 Å². The maximum absolute atomic E-state index is 12.4. The second-order valence-electron chi connectivity index (χ2n) is 7.60. The molecule has 8 heteroatoms. The molecule has 1 atom stereocenters. The molecule has 0 fully saturated rings.